The lowest BCUT2D eigenvalue weighted by molar-refractivity contribution is -0.673. The minimum Gasteiger partial charge on any atom is -0.323 e. The summed E-state index contributed by atoms with van der Waals surface area (Å²) in [6.45, 7) is 0. The number of hydrogen-bond donors (Lipinski definition) is 2. The molecule has 1 aromatic carbocycles. The van der Waals surface area contributed by atoms with Crippen LogP contribution in [0.15, 0.2) is 53.8 Å². The Morgan fingerprint density at radius 2 is 1.70 bits per heavy atom. The van der Waals surface area contributed by atoms with Crippen molar-refractivity contribution in [1.82, 2.24) is 5.32 Å². The van der Waals surface area contributed by atoms with Crippen LogP contribution in [0.3, 0.4) is 0 Å². The first-order valence-corrected chi connectivity index (χ1v) is 6.40. The van der Waals surface area contributed by atoms with E-state index in [0.717, 1.165) is 11.3 Å². The Morgan fingerprint density at radius 3 is 2.25 bits per heavy atom. The summed E-state index contributed by atoms with van der Waals surface area (Å²) >= 11 is 0. The molecule has 0 saturated carbocycles. The Bertz CT molecular complexity index is 559. The van der Waals surface area contributed by atoms with Crippen molar-refractivity contribution in [2.75, 3.05) is 14.1 Å². The van der Waals surface area contributed by atoms with Crippen molar-refractivity contribution in [3.8, 4) is 0 Å². The van der Waals surface area contributed by atoms with E-state index in [1.54, 1.807) is 0 Å². The highest BCUT2D eigenvalue weighted by molar-refractivity contribution is 5.67. The Balaban J connectivity index is 0.000000612. The molecule has 0 radical (unpaired) electrons. The van der Waals surface area contributed by atoms with Crippen LogP contribution in [-0.4, -0.2) is 14.1 Å². The van der Waals surface area contributed by atoms with Crippen molar-refractivity contribution in [2.24, 2.45) is 12.2 Å². The molecule has 0 aliphatic rings. The van der Waals surface area contributed by atoms with Gasteiger partial charge in [-0.05, 0) is 43.9 Å². The van der Waals surface area contributed by atoms with E-state index in [4.69, 9.17) is 5.53 Å². The quantitative estimate of drug-likeness (QED) is 0.652. The molecule has 0 saturated heterocycles. The number of aryl methyl sites for hydroxylation is 1. The third kappa shape index (κ3) is 5.12. The average Bonchev–Trinajstić information content (AvgIpc) is 2.48. The molecular weight excluding hydrogens is 248 g/mol. The van der Waals surface area contributed by atoms with Crippen molar-refractivity contribution in [1.29, 1.82) is 5.53 Å². The van der Waals surface area contributed by atoms with Crippen LogP contribution in [0.4, 0.5) is 5.69 Å². The standard InChI is InChI=1S/C14H14N3.C2H7N/c1-17-11-3-2-4-14(17)10-7-12-5-8-13(16-15)9-6-12;1-3-2/h2-11,15H,1H3;3H,1-2H3/q+1;. The zero-order valence-corrected chi connectivity index (χ0v) is 12.2. The molecule has 4 nitrogen and oxygen atoms in total. The van der Waals surface area contributed by atoms with Gasteiger partial charge in [0.05, 0.1) is 5.69 Å². The van der Waals surface area contributed by atoms with Gasteiger partial charge in [-0.15, -0.1) is 0 Å². The number of nitrogens with zero attached hydrogens (tertiary/aromatic N) is 2. The van der Waals surface area contributed by atoms with Gasteiger partial charge in [0.1, 0.15) is 7.05 Å². The lowest BCUT2D eigenvalue weighted by atomic mass is 10.2. The van der Waals surface area contributed by atoms with Crippen molar-refractivity contribution in [3.63, 3.8) is 0 Å². The molecule has 0 amide bonds. The summed E-state index contributed by atoms with van der Waals surface area (Å²) in [6, 6.07) is 13.6. The van der Waals surface area contributed by atoms with E-state index >= 15 is 0 Å². The van der Waals surface area contributed by atoms with Crippen LogP contribution in [0, 0.1) is 5.53 Å². The highest BCUT2D eigenvalue weighted by atomic mass is 15.0. The maximum atomic E-state index is 6.88. The lowest BCUT2D eigenvalue weighted by Crippen LogP contribution is -2.30. The Morgan fingerprint density at radius 1 is 1.05 bits per heavy atom. The number of rotatable bonds is 3. The van der Waals surface area contributed by atoms with E-state index < -0.39 is 0 Å². The number of pyridine rings is 1. The first kappa shape index (κ1) is 15.7. The molecule has 0 atom stereocenters. The van der Waals surface area contributed by atoms with Gasteiger partial charge in [0.2, 0.25) is 5.69 Å². The topological polar surface area (TPSA) is 52.1 Å². The van der Waals surface area contributed by atoms with Gasteiger partial charge in [-0.2, -0.15) is 5.11 Å². The van der Waals surface area contributed by atoms with Gasteiger partial charge in [0.15, 0.2) is 6.20 Å². The Hall–Kier alpha value is -2.33. The third-order valence-electron chi connectivity index (χ3n) is 2.56. The van der Waals surface area contributed by atoms with Gasteiger partial charge in [0.25, 0.3) is 0 Å². The van der Waals surface area contributed by atoms with Crippen LogP contribution in [0.1, 0.15) is 11.3 Å². The average molecular weight is 269 g/mol. The van der Waals surface area contributed by atoms with Gasteiger partial charge < -0.3 is 5.32 Å². The largest absolute Gasteiger partial charge is 0.323 e. The minimum atomic E-state index is 0.674. The fourth-order valence-electron chi connectivity index (χ4n) is 1.55. The summed E-state index contributed by atoms with van der Waals surface area (Å²) in [7, 11) is 5.77. The van der Waals surface area contributed by atoms with E-state index in [2.05, 4.69) is 27.1 Å². The molecule has 0 unspecified atom stereocenters. The molecule has 104 valence electrons. The summed E-state index contributed by atoms with van der Waals surface area (Å²) < 4.78 is 2.06. The molecule has 0 fully saturated rings. The van der Waals surface area contributed by atoms with Crippen molar-refractivity contribution in [3.05, 3.63) is 59.9 Å². The van der Waals surface area contributed by atoms with Crippen LogP contribution in [0.25, 0.3) is 12.2 Å². The van der Waals surface area contributed by atoms with E-state index in [-0.39, 0.29) is 0 Å². The number of aromatic nitrogens is 1. The summed E-state index contributed by atoms with van der Waals surface area (Å²) in [5.41, 5.74) is 9.79. The van der Waals surface area contributed by atoms with Gasteiger partial charge in [0, 0.05) is 18.2 Å². The summed E-state index contributed by atoms with van der Waals surface area (Å²) in [5.74, 6) is 0. The van der Waals surface area contributed by atoms with Gasteiger partial charge in [-0.1, -0.05) is 12.1 Å². The summed E-state index contributed by atoms with van der Waals surface area (Å²) in [5, 5.41) is 6.12. The Labute approximate surface area is 120 Å². The number of hydrogen-bond acceptors (Lipinski definition) is 3. The zero-order valence-electron chi connectivity index (χ0n) is 12.2. The molecule has 2 N–H and O–H groups in total. The predicted molar refractivity (Wildman–Crippen MR) is 82.8 cm³/mol. The van der Waals surface area contributed by atoms with E-state index in [1.165, 1.54) is 0 Å². The van der Waals surface area contributed by atoms with Crippen LogP contribution in [0.2, 0.25) is 0 Å². The molecule has 0 aliphatic carbocycles. The first-order chi connectivity index (χ1) is 9.71. The molecule has 2 aromatic rings. The van der Waals surface area contributed by atoms with Crippen molar-refractivity contribution < 1.29 is 4.57 Å². The van der Waals surface area contributed by atoms with Crippen molar-refractivity contribution in [2.45, 2.75) is 0 Å². The second-order valence-corrected chi connectivity index (χ2v) is 4.27. The minimum absolute atomic E-state index is 0.674. The lowest BCUT2D eigenvalue weighted by Gasteiger charge is -1.95. The zero-order chi connectivity index (χ0) is 14.8. The summed E-state index contributed by atoms with van der Waals surface area (Å²) in [6.07, 6.45) is 6.12. The number of benzene rings is 1. The summed E-state index contributed by atoms with van der Waals surface area (Å²) in [4.78, 5) is 0. The van der Waals surface area contributed by atoms with Crippen LogP contribution in [0.5, 0.6) is 0 Å². The van der Waals surface area contributed by atoms with Gasteiger partial charge >= 0.3 is 0 Å². The highest BCUT2D eigenvalue weighted by Gasteiger charge is 1.98. The second-order valence-electron chi connectivity index (χ2n) is 4.27. The molecule has 1 aromatic heterocycles. The molecule has 20 heavy (non-hydrogen) atoms. The molecule has 1 heterocycles. The fourth-order valence-corrected chi connectivity index (χ4v) is 1.55. The maximum absolute atomic E-state index is 6.88. The molecule has 4 heteroatoms. The predicted octanol–water partition coefficient (Wildman–Crippen LogP) is 3.18. The molecular formula is C16H21N4+. The fraction of sp³-hybridized carbons (Fsp3) is 0.188. The molecule has 2 rings (SSSR count). The van der Waals surface area contributed by atoms with Gasteiger partial charge in [-0.25, -0.2) is 10.1 Å². The van der Waals surface area contributed by atoms with E-state index in [9.17, 15) is 0 Å². The molecule has 0 bridgehead atoms. The maximum Gasteiger partial charge on any atom is 0.204 e. The van der Waals surface area contributed by atoms with E-state index in [1.807, 2.05) is 69.8 Å². The second kappa shape index (κ2) is 8.72. The Kier molecular flexibility index (Phi) is 6.85. The normalized spacial score (nSPS) is 9.95. The highest BCUT2D eigenvalue weighted by Crippen LogP contribution is 2.13. The molecule has 0 spiro atoms. The van der Waals surface area contributed by atoms with E-state index in [0.29, 0.717) is 5.69 Å². The van der Waals surface area contributed by atoms with Crippen LogP contribution < -0.4 is 9.88 Å². The van der Waals surface area contributed by atoms with Gasteiger partial charge in [-0.3, -0.25) is 0 Å². The third-order valence-corrected chi connectivity index (χ3v) is 2.56. The van der Waals surface area contributed by atoms with Crippen molar-refractivity contribution >= 4 is 17.8 Å². The molecule has 0 aliphatic heterocycles. The number of nitrogens with one attached hydrogen (secondary N) is 2. The first-order valence-electron chi connectivity index (χ1n) is 6.40. The SMILES string of the molecule is CNC.C[n+]1ccccc1/C=C/c1ccc(N=N)cc1. The van der Waals surface area contributed by atoms with Crippen LogP contribution >= 0.6 is 0 Å². The smallest absolute Gasteiger partial charge is 0.204 e. The monoisotopic (exact) mass is 269 g/mol. The van der Waals surface area contributed by atoms with Crippen LogP contribution in [-0.2, 0) is 7.05 Å².